The summed E-state index contributed by atoms with van der Waals surface area (Å²) in [5, 5.41) is 0. The summed E-state index contributed by atoms with van der Waals surface area (Å²) in [4.78, 5) is 15.1. The van der Waals surface area contributed by atoms with E-state index in [0.717, 1.165) is 51.4 Å². The smallest absolute Gasteiger partial charge is 0.152 e. The van der Waals surface area contributed by atoms with Gasteiger partial charge in [0.25, 0.3) is 0 Å². The van der Waals surface area contributed by atoms with Gasteiger partial charge in [-0.2, -0.15) is 0 Å². The number of carbonyl (C=O) groups excluding carboxylic acids is 1. The predicted molar refractivity (Wildman–Crippen MR) is 137 cm³/mol. The lowest BCUT2D eigenvalue weighted by Gasteiger charge is -2.34. The minimum atomic E-state index is 0.360. The molecule has 0 amide bonds. The van der Waals surface area contributed by atoms with Gasteiger partial charge in [0, 0.05) is 17.8 Å². The van der Waals surface area contributed by atoms with Gasteiger partial charge in [-0.1, -0.05) is 70.6 Å². The van der Waals surface area contributed by atoms with E-state index in [1.165, 1.54) is 17.0 Å². The van der Waals surface area contributed by atoms with Crippen molar-refractivity contribution in [3.8, 4) is 0 Å². The van der Waals surface area contributed by atoms with Crippen molar-refractivity contribution in [2.45, 2.75) is 99.3 Å². The van der Waals surface area contributed by atoms with Crippen LogP contribution in [0, 0.1) is 11.8 Å². The molecule has 0 radical (unpaired) electrons. The Hall–Kier alpha value is -1.83. The number of ketones is 1. The molecule has 2 heteroatoms. The Morgan fingerprint density at radius 1 is 1.23 bits per heavy atom. The Morgan fingerprint density at radius 3 is 2.65 bits per heavy atom. The third kappa shape index (κ3) is 10.4. The first kappa shape index (κ1) is 27.2. The fourth-order valence-corrected chi connectivity index (χ4v) is 4.03. The topological polar surface area (TPSA) is 20.3 Å². The van der Waals surface area contributed by atoms with Crippen LogP contribution >= 0.6 is 0 Å². The number of Topliss-reactive ketones (excluding diaryl/α,β-unsaturated/α-hetero) is 1. The number of hydrogen-bond acceptors (Lipinski definition) is 2. The van der Waals surface area contributed by atoms with Crippen molar-refractivity contribution in [2.24, 2.45) is 11.8 Å². The van der Waals surface area contributed by atoms with Gasteiger partial charge >= 0.3 is 0 Å². The molecule has 0 aliphatic heterocycles. The molecule has 0 aromatic heterocycles. The van der Waals surface area contributed by atoms with Crippen molar-refractivity contribution in [3.05, 3.63) is 59.5 Å². The van der Waals surface area contributed by atoms with E-state index in [1.807, 2.05) is 0 Å². The van der Waals surface area contributed by atoms with E-state index in [9.17, 15) is 4.79 Å². The summed E-state index contributed by atoms with van der Waals surface area (Å²) < 4.78 is 0. The van der Waals surface area contributed by atoms with Crippen LogP contribution < -0.4 is 0 Å². The summed E-state index contributed by atoms with van der Waals surface area (Å²) in [6.45, 7) is 13.7. The Labute approximate surface area is 192 Å². The van der Waals surface area contributed by atoms with Crippen LogP contribution in [0.4, 0.5) is 0 Å². The van der Waals surface area contributed by atoms with Crippen molar-refractivity contribution in [3.63, 3.8) is 0 Å². The van der Waals surface area contributed by atoms with Gasteiger partial charge in [-0.3, -0.25) is 4.79 Å². The van der Waals surface area contributed by atoms with Gasteiger partial charge in [0.2, 0.25) is 0 Å². The average molecular weight is 426 g/mol. The molecule has 2 nitrogen and oxygen atoms in total. The molecular weight excluding hydrogens is 378 g/mol. The molecule has 1 aliphatic rings. The van der Waals surface area contributed by atoms with Gasteiger partial charge < -0.3 is 4.90 Å². The summed E-state index contributed by atoms with van der Waals surface area (Å²) in [5.41, 5.74) is 3.99. The first-order valence-electron chi connectivity index (χ1n) is 12.6. The second-order valence-corrected chi connectivity index (χ2v) is 9.04. The van der Waals surface area contributed by atoms with Crippen LogP contribution in [0.3, 0.4) is 0 Å². The molecule has 0 bridgehead atoms. The Bertz CT molecular complexity index is 677. The molecule has 0 fully saturated rings. The maximum atomic E-state index is 12.8. The van der Waals surface area contributed by atoms with Crippen molar-refractivity contribution >= 4 is 5.78 Å². The van der Waals surface area contributed by atoms with Crippen LogP contribution in [-0.2, 0) is 4.79 Å². The number of nitrogens with zero attached hydrogens (tertiary/aromatic N) is 1. The highest BCUT2D eigenvalue weighted by atomic mass is 16.1. The van der Waals surface area contributed by atoms with Gasteiger partial charge in [-0.15, -0.1) is 0 Å². The number of hydrogen-bond donors (Lipinski definition) is 0. The van der Waals surface area contributed by atoms with Crippen molar-refractivity contribution < 1.29 is 4.79 Å². The van der Waals surface area contributed by atoms with Crippen LogP contribution in [0.25, 0.3) is 0 Å². The fraction of sp³-hybridized carbons (Fsp3) is 0.621. The molecule has 1 rings (SSSR count). The lowest BCUT2D eigenvalue weighted by Crippen LogP contribution is -2.30. The zero-order chi connectivity index (χ0) is 23.1. The summed E-state index contributed by atoms with van der Waals surface area (Å²) in [6, 6.07) is 0. The van der Waals surface area contributed by atoms with Crippen LogP contribution in [0.1, 0.15) is 99.3 Å². The molecular formula is C29H47NO. The van der Waals surface area contributed by atoms with E-state index in [-0.39, 0.29) is 0 Å². The molecule has 0 saturated carbocycles. The maximum Gasteiger partial charge on any atom is 0.152 e. The molecule has 0 spiro atoms. The summed E-state index contributed by atoms with van der Waals surface area (Å²) in [6.07, 6.45) is 25.0. The number of allylic oxidation sites excluding steroid dienone is 10. The van der Waals surface area contributed by atoms with E-state index < -0.39 is 0 Å². The van der Waals surface area contributed by atoms with Gasteiger partial charge in [0.15, 0.2) is 5.78 Å². The van der Waals surface area contributed by atoms with Gasteiger partial charge in [-0.05, 0) is 82.3 Å². The van der Waals surface area contributed by atoms with Gasteiger partial charge in [0.05, 0.1) is 6.54 Å². The molecule has 31 heavy (non-hydrogen) atoms. The normalized spacial score (nSPS) is 19.9. The lowest BCUT2D eigenvalue weighted by molar-refractivity contribution is -0.119. The maximum absolute atomic E-state index is 12.8. The highest BCUT2D eigenvalue weighted by Gasteiger charge is 2.23. The monoisotopic (exact) mass is 425 g/mol. The van der Waals surface area contributed by atoms with E-state index >= 15 is 0 Å². The molecule has 0 saturated heterocycles. The van der Waals surface area contributed by atoms with Gasteiger partial charge in [0.1, 0.15) is 0 Å². The first-order valence-corrected chi connectivity index (χ1v) is 12.6. The fourth-order valence-electron chi connectivity index (χ4n) is 4.03. The highest BCUT2D eigenvalue weighted by molar-refractivity contribution is 5.81. The first-order chi connectivity index (χ1) is 15.0. The molecule has 0 N–H and O–H groups in total. The lowest BCUT2D eigenvalue weighted by atomic mass is 9.87. The van der Waals surface area contributed by atoms with Crippen molar-refractivity contribution in [1.82, 2.24) is 4.90 Å². The van der Waals surface area contributed by atoms with Crippen LogP contribution in [-0.4, -0.2) is 17.2 Å². The SMILES string of the molecule is CC=CC=C1C=C(N(CC(=O)CCCC)C(=CC)CCC(C)CC=CCC)CCC1C. The van der Waals surface area contributed by atoms with E-state index in [4.69, 9.17) is 0 Å². The average Bonchev–Trinajstić information content (AvgIpc) is 2.77. The Kier molecular flexibility index (Phi) is 13.9. The molecule has 174 valence electrons. The van der Waals surface area contributed by atoms with E-state index in [2.05, 4.69) is 89.0 Å². The third-order valence-corrected chi connectivity index (χ3v) is 6.22. The van der Waals surface area contributed by atoms with Crippen molar-refractivity contribution in [2.75, 3.05) is 6.54 Å². The Balaban J connectivity index is 3.06. The third-order valence-electron chi connectivity index (χ3n) is 6.22. The predicted octanol–water partition coefficient (Wildman–Crippen LogP) is 8.54. The molecule has 0 heterocycles. The zero-order valence-corrected chi connectivity index (χ0v) is 21.1. The summed E-state index contributed by atoms with van der Waals surface area (Å²) >= 11 is 0. The van der Waals surface area contributed by atoms with E-state index in [0.29, 0.717) is 30.6 Å². The largest absolute Gasteiger partial charge is 0.342 e. The van der Waals surface area contributed by atoms with E-state index in [1.54, 1.807) is 0 Å². The summed E-state index contributed by atoms with van der Waals surface area (Å²) in [5.74, 6) is 1.58. The molecule has 1 aliphatic carbocycles. The second-order valence-electron chi connectivity index (χ2n) is 9.04. The molecule has 2 atom stereocenters. The van der Waals surface area contributed by atoms with Crippen LogP contribution in [0.15, 0.2) is 59.5 Å². The van der Waals surface area contributed by atoms with Crippen LogP contribution in [0.5, 0.6) is 0 Å². The second kappa shape index (κ2) is 15.9. The van der Waals surface area contributed by atoms with Crippen LogP contribution in [0.2, 0.25) is 0 Å². The number of carbonyl (C=O) groups is 1. The van der Waals surface area contributed by atoms with Crippen molar-refractivity contribution in [1.29, 1.82) is 0 Å². The minimum Gasteiger partial charge on any atom is -0.342 e. The highest BCUT2D eigenvalue weighted by Crippen LogP contribution is 2.33. The quantitative estimate of drug-likeness (QED) is 0.260. The zero-order valence-electron chi connectivity index (χ0n) is 21.1. The molecule has 2 unspecified atom stereocenters. The Morgan fingerprint density at radius 2 is 2.00 bits per heavy atom. The minimum absolute atomic E-state index is 0.360. The van der Waals surface area contributed by atoms with Gasteiger partial charge in [-0.25, -0.2) is 0 Å². The molecule has 0 aromatic rings. The summed E-state index contributed by atoms with van der Waals surface area (Å²) in [7, 11) is 0. The number of unbranched alkanes of at least 4 members (excludes halogenated alkanes) is 1. The standard InChI is InChI=1S/C29H47NO/c1-7-11-14-15-24(5)18-20-27(10-4)30(23-29(31)17-13-9-3)28-21-19-25(6)26(22-28)16-12-8-2/h8,10-12,14,16,22,24-25H,7,9,13,15,17-21,23H2,1-6H3. The molecule has 0 aromatic carbocycles. The number of rotatable bonds is 14.